The fraction of sp³-hybridized carbons (Fsp3) is 0.294. The zero-order chi connectivity index (χ0) is 14.6. The standard InChI is InChI=1S/C17H20O2Si/c1-18-13-19-17-8-7-15-11-14(5-6-16(15)12-17)9-10-20(2,3)4/h5-8,11-12H,13H2,1-4H3. The molecule has 20 heavy (non-hydrogen) atoms. The molecule has 2 aromatic rings. The Morgan fingerprint density at radius 1 is 1.00 bits per heavy atom. The number of methoxy groups -OCH3 is 1. The van der Waals surface area contributed by atoms with Crippen molar-refractivity contribution in [2.45, 2.75) is 19.6 Å². The van der Waals surface area contributed by atoms with Crippen molar-refractivity contribution in [2.24, 2.45) is 0 Å². The average molecular weight is 284 g/mol. The number of fused-ring (bicyclic) bond motifs is 1. The maximum atomic E-state index is 5.44. The second-order valence-electron chi connectivity index (χ2n) is 5.77. The van der Waals surface area contributed by atoms with E-state index < -0.39 is 8.07 Å². The van der Waals surface area contributed by atoms with E-state index in [1.54, 1.807) is 7.11 Å². The van der Waals surface area contributed by atoms with E-state index in [1.165, 1.54) is 5.39 Å². The first-order valence-electron chi connectivity index (χ1n) is 6.67. The van der Waals surface area contributed by atoms with Crippen LogP contribution in [-0.2, 0) is 4.74 Å². The van der Waals surface area contributed by atoms with E-state index in [2.05, 4.69) is 55.4 Å². The Morgan fingerprint density at radius 3 is 2.40 bits per heavy atom. The van der Waals surface area contributed by atoms with E-state index in [4.69, 9.17) is 9.47 Å². The van der Waals surface area contributed by atoms with Crippen LogP contribution in [0.5, 0.6) is 5.75 Å². The van der Waals surface area contributed by atoms with Gasteiger partial charge in [-0.1, -0.05) is 37.7 Å². The van der Waals surface area contributed by atoms with Crippen LogP contribution in [0.1, 0.15) is 5.56 Å². The predicted octanol–water partition coefficient (Wildman–Crippen LogP) is 4.05. The lowest BCUT2D eigenvalue weighted by molar-refractivity contribution is 0.0512. The normalized spacial score (nSPS) is 11.0. The van der Waals surface area contributed by atoms with Crippen LogP contribution in [0, 0.1) is 11.5 Å². The zero-order valence-corrected chi connectivity index (χ0v) is 13.5. The van der Waals surface area contributed by atoms with Crippen molar-refractivity contribution >= 4 is 18.8 Å². The zero-order valence-electron chi connectivity index (χ0n) is 12.5. The van der Waals surface area contributed by atoms with Crippen LogP contribution in [0.15, 0.2) is 36.4 Å². The van der Waals surface area contributed by atoms with Crippen molar-refractivity contribution in [1.82, 2.24) is 0 Å². The Balaban J connectivity index is 2.29. The molecule has 0 radical (unpaired) electrons. The SMILES string of the molecule is COCOc1ccc2cc(C#C[Si](C)(C)C)ccc2c1. The van der Waals surface area contributed by atoms with Crippen LogP contribution in [0.4, 0.5) is 0 Å². The third-order valence-corrected chi connectivity index (χ3v) is 3.61. The number of ether oxygens (including phenoxy) is 2. The van der Waals surface area contributed by atoms with E-state index in [0.717, 1.165) is 16.7 Å². The summed E-state index contributed by atoms with van der Waals surface area (Å²) in [5.41, 5.74) is 4.46. The van der Waals surface area contributed by atoms with Gasteiger partial charge in [-0.05, 0) is 35.0 Å². The third-order valence-electron chi connectivity index (χ3n) is 2.74. The summed E-state index contributed by atoms with van der Waals surface area (Å²) in [6, 6.07) is 12.3. The van der Waals surface area contributed by atoms with Gasteiger partial charge in [0.1, 0.15) is 13.8 Å². The highest BCUT2D eigenvalue weighted by Gasteiger charge is 2.07. The molecule has 104 valence electrons. The molecular formula is C17H20O2Si. The molecule has 0 heterocycles. The fourth-order valence-electron chi connectivity index (χ4n) is 1.78. The molecule has 0 aliphatic rings. The second-order valence-corrected chi connectivity index (χ2v) is 10.5. The molecule has 0 spiro atoms. The average Bonchev–Trinajstić information content (AvgIpc) is 2.41. The van der Waals surface area contributed by atoms with Gasteiger partial charge in [0.25, 0.3) is 0 Å². The summed E-state index contributed by atoms with van der Waals surface area (Å²) in [7, 11) is 0.289. The molecule has 0 saturated carbocycles. The Bertz CT molecular complexity index is 660. The van der Waals surface area contributed by atoms with Crippen molar-refractivity contribution in [2.75, 3.05) is 13.9 Å². The van der Waals surface area contributed by atoms with E-state index in [9.17, 15) is 0 Å². The van der Waals surface area contributed by atoms with Gasteiger partial charge in [-0.25, -0.2) is 0 Å². The first-order valence-corrected chi connectivity index (χ1v) is 10.2. The quantitative estimate of drug-likeness (QED) is 0.481. The van der Waals surface area contributed by atoms with Crippen molar-refractivity contribution in [1.29, 1.82) is 0 Å². The maximum absolute atomic E-state index is 5.44. The van der Waals surface area contributed by atoms with Gasteiger partial charge in [-0.15, -0.1) is 5.54 Å². The fourth-order valence-corrected chi connectivity index (χ4v) is 2.30. The minimum absolute atomic E-state index is 0.269. The maximum Gasteiger partial charge on any atom is 0.188 e. The predicted molar refractivity (Wildman–Crippen MR) is 86.7 cm³/mol. The van der Waals surface area contributed by atoms with E-state index in [1.807, 2.05) is 12.1 Å². The molecule has 0 atom stereocenters. The summed E-state index contributed by atoms with van der Waals surface area (Å²) >= 11 is 0. The number of hydrogen-bond donors (Lipinski definition) is 0. The smallest absolute Gasteiger partial charge is 0.188 e. The molecular weight excluding hydrogens is 264 g/mol. The van der Waals surface area contributed by atoms with Gasteiger partial charge in [-0.3, -0.25) is 0 Å². The van der Waals surface area contributed by atoms with Gasteiger partial charge in [0, 0.05) is 12.7 Å². The van der Waals surface area contributed by atoms with Crippen molar-refractivity contribution in [3.05, 3.63) is 42.0 Å². The van der Waals surface area contributed by atoms with Crippen LogP contribution in [0.2, 0.25) is 19.6 Å². The van der Waals surface area contributed by atoms with Crippen LogP contribution in [-0.4, -0.2) is 22.0 Å². The van der Waals surface area contributed by atoms with E-state index in [0.29, 0.717) is 0 Å². The largest absolute Gasteiger partial charge is 0.468 e. The number of rotatable bonds is 3. The molecule has 2 aromatic carbocycles. The summed E-state index contributed by atoms with van der Waals surface area (Å²) in [5.74, 6) is 4.11. The molecule has 2 nitrogen and oxygen atoms in total. The molecule has 0 bridgehead atoms. The lowest BCUT2D eigenvalue weighted by atomic mass is 10.1. The Morgan fingerprint density at radius 2 is 1.70 bits per heavy atom. The van der Waals surface area contributed by atoms with E-state index >= 15 is 0 Å². The molecule has 0 N–H and O–H groups in total. The van der Waals surface area contributed by atoms with Crippen molar-refractivity contribution in [3.8, 4) is 17.2 Å². The Labute approximate surface area is 121 Å². The van der Waals surface area contributed by atoms with Gasteiger partial charge in [0.05, 0.1) is 0 Å². The van der Waals surface area contributed by atoms with Crippen LogP contribution < -0.4 is 4.74 Å². The topological polar surface area (TPSA) is 18.5 Å². The Kier molecular flexibility index (Phi) is 4.48. The summed E-state index contributed by atoms with van der Waals surface area (Å²) < 4.78 is 10.3. The first kappa shape index (κ1) is 14.6. The van der Waals surface area contributed by atoms with Crippen LogP contribution in [0.3, 0.4) is 0 Å². The van der Waals surface area contributed by atoms with Gasteiger partial charge in [0.15, 0.2) is 6.79 Å². The van der Waals surface area contributed by atoms with Gasteiger partial charge in [0.2, 0.25) is 0 Å². The number of benzene rings is 2. The minimum Gasteiger partial charge on any atom is -0.468 e. The van der Waals surface area contributed by atoms with Gasteiger partial charge < -0.3 is 9.47 Å². The molecule has 0 aromatic heterocycles. The summed E-state index contributed by atoms with van der Waals surface area (Å²) in [6.07, 6.45) is 0. The molecule has 0 fully saturated rings. The summed E-state index contributed by atoms with van der Waals surface area (Å²) in [6.45, 7) is 7.02. The molecule has 2 rings (SSSR count). The lowest BCUT2D eigenvalue weighted by Gasteiger charge is -2.06. The van der Waals surface area contributed by atoms with Gasteiger partial charge >= 0.3 is 0 Å². The second kappa shape index (κ2) is 6.13. The molecule has 0 aliphatic carbocycles. The molecule has 0 saturated heterocycles. The first-order chi connectivity index (χ1) is 9.48. The van der Waals surface area contributed by atoms with Crippen molar-refractivity contribution < 1.29 is 9.47 Å². The third kappa shape index (κ3) is 4.12. The lowest BCUT2D eigenvalue weighted by Crippen LogP contribution is -2.16. The highest BCUT2D eigenvalue weighted by molar-refractivity contribution is 6.83. The minimum atomic E-state index is -1.33. The molecule has 0 aliphatic heterocycles. The van der Waals surface area contributed by atoms with Crippen LogP contribution >= 0.6 is 0 Å². The number of hydrogen-bond acceptors (Lipinski definition) is 2. The summed E-state index contributed by atoms with van der Waals surface area (Å²) in [5, 5.41) is 2.33. The Hall–Kier alpha value is -1.76. The van der Waals surface area contributed by atoms with Crippen LogP contribution in [0.25, 0.3) is 10.8 Å². The summed E-state index contributed by atoms with van der Waals surface area (Å²) in [4.78, 5) is 0. The van der Waals surface area contributed by atoms with E-state index in [-0.39, 0.29) is 6.79 Å². The monoisotopic (exact) mass is 284 g/mol. The highest BCUT2D eigenvalue weighted by Crippen LogP contribution is 2.22. The highest BCUT2D eigenvalue weighted by atomic mass is 28.3. The van der Waals surface area contributed by atoms with Gasteiger partial charge in [-0.2, -0.15) is 0 Å². The molecule has 3 heteroatoms. The molecule has 0 unspecified atom stereocenters. The van der Waals surface area contributed by atoms with Crippen molar-refractivity contribution in [3.63, 3.8) is 0 Å². The molecule has 0 amide bonds.